The number of nitrogens with one attached hydrogen (secondary N) is 1. The van der Waals surface area contributed by atoms with Gasteiger partial charge in [0.15, 0.2) is 5.57 Å². The van der Waals surface area contributed by atoms with Gasteiger partial charge in [-0.05, 0) is 42.8 Å². The van der Waals surface area contributed by atoms with Crippen molar-refractivity contribution in [1.29, 1.82) is 5.26 Å². The Kier molecular flexibility index (Phi) is 5.65. The minimum Gasteiger partial charge on any atom is -0.465 e. The van der Waals surface area contributed by atoms with Crippen LogP contribution < -0.4 is 20.1 Å². The van der Waals surface area contributed by atoms with Gasteiger partial charge in [-0.3, -0.25) is 14.2 Å². The number of para-hydroxylation sites is 2. The Labute approximate surface area is 181 Å². The van der Waals surface area contributed by atoms with Crippen LogP contribution in [-0.4, -0.2) is 10.5 Å². The zero-order valence-corrected chi connectivity index (χ0v) is 17.3. The van der Waals surface area contributed by atoms with Crippen molar-refractivity contribution in [2.24, 2.45) is 0 Å². The van der Waals surface area contributed by atoms with Crippen LogP contribution in [0, 0.1) is 18.3 Å². The van der Waals surface area contributed by atoms with E-state index in [1.807, 2.05) is 37.3 Å². The average Bonchev–Trinajstić information content (AvgIpc) is 3.39. The molecule has 1 N–H and O–H groups in total. The summed E-state index contributed by atoms with van der Waals surface area (Å²) in [5.41, 5.74) is 1.54. The number of nitriles is 1. The maximum absolute atomic E-state index is 13.3. The van der Waals surface area contributed by atoms with Gasteiger partial charge in [0.05, 0.1) is 16.5 Å². The van der Waals surface area contributed by atoms with E-state index in [0.29, 0.717) is 21.7 Å². The van der Waals surface area contributed by atoms with E-state index in [-0.39, 0.29) is 15.8 Å². The number of amides is 1. The molecule has 4 rings (SSSR count). The maximum atomic E-state index is 13.3. The van der Waals surface area contributed by atoms with E-state index in [1.54, 1.807) is 48.5 Å². The number of hydrogen-bond acceptors (Lipinski definition) is 5. The first-order chi connectivity index (χ1) is 15.1. The zero-order valence-electron chi connectivity index (χ0n) is 16.5. The highest BCUT2D eigenvalue weighted by Crippen LogP contribution is 2.12. The van der Waals surface area contributed by atoms with Crippen LogP contribution in [0.4, 0.5) is 5.69 Å². The molecule has 0 bridgehead atoms. The van der Waals surface area contributed by atoms with Crippen LogP contribution >= 0.6 is 11.3 Å². The third kappa shape index (κ3) is 4.10. The minimum atomic E-state index is -0.582. The van der Waals surface area contributed by atoms with Gasteiger partial charge < -0.3 is 9.73 Å². The van der Waals surface area contributed by atoms with Gasteiger partial charge in [0.2, 0.25) is 0 Å². The lowest BCUT2D eigenvalue weighted by Gasteiger charge is -2.08. The van der Waals surface area contributed by atoms with Crippen LogP contribution in [-0.2, 0) is 4.79 Å². The lowest BCUT2D eigenvalue weighted by atomic mass is 10.2. The van der Waals surface area contributed by atoms with E-state index in [2.05, 4.69) is 5.32 Å². The Morgan fingerprint density at radius 2 is 1.84 bits per heavy atom. The number of nitrogens with zero attached hydrogens (tertiary/aromatic N) is 2. The van der Waals surface area contributed by atoms with Crippen molar-refractivity contribution in [2.45, 2.75) is 6.92 Å². The monoisotopic (exact) mass is 427 g/mol. The van der Waals surface area contributed by atoms with Crippen LogP contribution in [0.15, 0.2) is 82.2 Å². The molecule has 0 aliphatic carbocycles. The molecular weight excluding hydrogens is 410 g/mol. The zero-order chi connectivity index (χ0) is 21.8. The van der Waals surface area contributed by atoms with Gasteiger partial charge in [0.25, 0.3) is 11.5 Å². The van der Waals surface area contributed by atoms with Gasteiger partial charge in [-0.15, -0.1) is 11.3 Å². The highest BCUT2D eigenvalue weighted by molar-refractivity contribution is 7.07. The molecule has 6 nitrogen and oxygen atoms in total. The lowest BCUT2D eigenvalue weighted by Crippen LogP contribution is -2.32. The molecule has 0 aliphatic rings. The molecule has 0 spiro atoms. The van der Waals surface area contributed by atoms with Crippen molar-refractivity contribution in [1.82, 2.24) is 4.57 Å². The van der Waals surface area contributed by atoms with Crippen LogP contribution in [0.5, 0.6) is 0 Å². The Bertz CT molecular complexity index is 1460. The van der Waals surface area contributed by atoms with Crippen molar-refractivity contribution < 1.29 is 9.21 Å². The lowest BCUT2D eigenvalue weighted by molar-refractivity contribution is -0.111. The van der Waals surface area contributed by atoms with Crippen molar-refractivity contribution in [3.8, 4) is 11.8 Å². The number of carbonyl (C=O) groups excluding carboxylic acids is 1. The Morgan fingerprint density at radius 1 is 1.10 bits per heavy atom. The van der Waals surface area contributed by atoms with Gasteiger partial charge in [0, 0.05) is 11.8 Å². The molecule has 2 heterocycles. The van der Waals surface area contributed by atoms with Crippen molar-refractivity contribution >= 4 is 34.6 Å². The summed E-state index contributed by atoms with van der Waals surface area (Å²) in [4.78, 5) is 26.3. The van der Waals surface area contributed by atoms with Crippen LogP contribution in [0.1, 0.15) is 11.3 Å². The Morgan fingerprint density at radius 3 is 2.52 bits per heavy atom. The molecule has 7 heteroatoms. The number of benzene rings is 2. The van der Waals surface area contributed by atoms with Gasteiger partial charge in [-0.1, -0.05) is 36.4 Å². The minimum absolute atomic E-state index is 0.145. The van der Waals surface area contributed by atoms with E-state index in [9.17, 15) is 14.9 Å². The number of carbonyl (C=O) groups is 1. The normalized spacial score (nSPS) is 12.3. The quantitative estimate of drug-likeness (QED) is 0.542. The molecule has 2 aromatic heterocycles. The van der Waals surface area contributed by atoms with E-state index in [4.69, 9.17) is 4.42 Å². The molecule has 0 radical (unpaired) electrons. The summed E-state index contributed by atoms with van der Waals surface area (Å²) >= 11 is 1.07. The summed E-state index contributed by atoms with van der Waals surface area (Å²) in [6.07, 6.45) is 3.12. The molecule has 1 amide bonds. The van der Waals surface area contributed by atoms with Crippen molar-refractivity contribution in [3.05, 3.63) is 104 Å². The second-order valence-corrected chi connectivity index (χ2v) is 7.70. The molecule has 0 fully saturated rings. The molecule has 0 aliphatic heterocycles. The smallest absolute Gasteiger partial charge is 0.273 e. The van der Waals surface area contributed by atoms with E-state index >= 15 is 0 Å². The molecule has 0 saturated carbocycles. The van der Waals surface area contributed by atoms with Gasteiger partial charge >= 0.3 is 0 Å². The average molecular weight is 427 g/mol. The Balaban J connectivity index is 1.99. The van der Waals surface area contributed by atoms with Crippen molar-refractivity contribution in [3.63, 3.8) is 0 Å². The Hall–Kier alpha value is -4.15. The predicted octanol–water partition coefficient (Wildman–Crippen LogP) is 2.94. The van der Waals surface area contributed by atoms with Gasteiger partial charge in [-0.25, -0.2) is 0 Å². The molecule has 0 unspecified atom stereocenters. The molecule has 152 valence electrons. The fourth-order valence-corrected chi connectivity index (χ4v) is 4.17. The van der Waals surface area contributed by atoms with Crippen LogP contribution in [0.3, 0.4) is 0 Å². The third-order valence-electron chi connectivity index (χ3n) is 4.58. The number of thiazole rings is 1. The first-order valence-electron chi connectivity index (χ1n) is 9.42. The van der Waals surface area contributed by atoms with E-state index < -0.39 is 5.91 Å². The van der Waals surface area contributed by atoms with Crippen LogP contribution in [0.25, 0.3) is 17.3 Å². The molecular formula is C24H17N3O3S. The summed E-state index contributed by atoms with van der Waals surface area (Å²) < 4.78 is 7.36. The fourth-order valence-electron chi connectivity index (χ4n) is 3.10. The summed E-state index contributed by atoms with van der Waals surface area (Å²) in [5.74, 6) is -0.0732. The number of aromatic nitrogens is 1. The summed E-state index contributed by atoms with van der Waals surface area (Å²) in [7, 11) is 0. The number of rotatable bonds is 4. The summed E-state index contributed by atoms with van der Waals surface area (Å²) in [6.45, 7) is 1.87. The first-order valence-corrected chi connectivity index (χ1v) is 10.2. The predicted molar refractivity (Wildman–Crippen MR) is 120 cm³/mol. The number of aryl methyl sites for hydroxylation is 1. The van der Waals surface area contributed by atoms with Crippen LogP contribution in [0.2, 0.25) is 0 Å². The standard InChI is InChI=1S/C24H17N3O3S/c1-16-8-5-6-12-20(16)27-23(29)21(14-18-11-7-13-30-18)31-24(27)19(15-25)22(28)26-17-9-3-2-4-10-17/h2-14H,1H3,(H,26,28). The number of furan rings is 1. The second kappa shape index (κ2) is 8.69. The number of anilines is 1. The van der Waals surface area contributed by atoms with E-state index in [0.717, 1.165) is 16.9 Å². The van der Waals surface area contributed by atoms with Gasteiger partial charge in [0.1, 0.15) is 16.5 Å². The third-order valence-corrected chi connectivity index (χ3v) is 5.67. The number of hydrogen-bond donors (Lipinski definition) is 1. The fraction of sp³-hybridized carbons (Fsp3) is 0.0417. The summed E-state index contributed by atoms with van der Waals surface area (Å²) in [5, 5.41) is 12.6. The largest absolute Gasteiger partial charge is 0.465 e. The van der Waals surface area contributed by atoms with Crippen molar-refractivity contribution in [2.75, 3.05) is 5.32 Å². The maximum Gasteiger partial charge on any atom is 0.273 e. The topological polar surface area (TPSA) is 88.0 Å². The molecule has 0 saturated heterocycles. The molecule has 31 heavy (non-hydrogen) atoms. The van der Waals surface area contributed by atoms with Gasteiger partial charge in [-0.2, -0.15) is 5.26 Å². The second-order valence-electron chi connectivity index (χ2n) is 6.67. The molecule has 4 aromatic rings. The first kappa shape index (κ1) is 20.1. The molecule has 0 atom stereocenters. The van der Waals surface area contributed by atoms with E-state index in [1.165, 1.54) is 10.8 Å². The highest BCUT2D eigenvalue weighted by Gasteiger charge is 2.18. The molecule has 2 aromatic carbocycles. The summed E-state index contributed by atoms with van der Waals surface area (Å²) in [6, 6.07) is 21.6. The highest BCUT2D eigenvalue weighted by atomic mass is 32.1. The SMILES string of the molecule is Cc1ccccc1-n1c(=C(C#N)C(=O)Nc2ccccc2)sc(=Cc2ccco2)c1=O.